The third-order valence-corrected chi connectivity index (χ3v) is 8.86. The van der Waals surface area contributed by atoms with Crippen molar-refractivity contribution in [2.45, 2.75) is 14.7 Å². The summed E-state index contributed by atoms with van der Waals surface area (Å²) in [7, 11) is -13.9. The van der Waals surface area contributed by atoms with Gasteiger partial charge in [-0.3, -0.25) is 13.7 Å². The molecule has 5 aromatic carbocycles. The van der Waals surface area contributed by atoms with Crippen LogP contribution in [0.15, 0.2) is 138 Å². The molecule has 0 amide bonds. The van der Waals surface area contributed by atoms with Crippen molar-refractivity contribution in [1.29, 1.82) is 0 Å². The molecule has 0 unspecified atom stereocenters. The van der Waals surface area contributed by atoms with Crippen molar-refractivity contribution >= 4 is 75.3 Å². The van der Waals surface area contributed by atoms with Gasteiger partial charge >= 0.3 is 0 Å². The Morgan fingerprint density at radius 2 is 1.11 bits per heavy atom. The highest BCUT2D eigenvalue weighted by Gasteiger charge is 2.20. The van der Waals surface area contributed by atoms with Gasteiger partial charge in [0.1, 0.15) is 15.5 Å². The summed E-state index contributed by atoms with van der Waals surface area (Å²) in [5, 5.41) is 19.4. The van der Waals surface area contributed by atoms with Gasteiger partial charge < -0.3 is 5.32 Å². The van der Waals surface area contributed by atoms with Crippen LogP contribution in [0.4, 0.5) is 34.1 Å². The molecule has 0 spiro atoms. The molecule has 0 saturated carbocycles. The summed E-state index contributed by atoms with van der Waals surface area (Å²) in [6.45, 7) is 0. The third kappa shape index (κ3) is 7.43. The van der Waals surface area contributed by atoms with E-state index >= 15 is 0 Å². The van der Waals surface area contributed by atoms with E-state index in [9.17, 15) is 34.4 Å². The van der Waals surface area contributed by atoms with Crippen LogP contribution in [0.1, 0.15) is 0 Å². The molecule has 4 N–H and O–H groups in total. The quantitative estimate of drug-likeness (QED) is 0.0916. The largest absolute Gasteiger partial charge is 0.355 e. The molecule has 5 rings (SSSR count). The van der Waals surface area contributed by atoms with Crippen LogP contribution in [0.5, 0.6) is 0 Å². The Morgan fingerprint density at radius 1 is 0.511 bits per heavy atom. The van der Waals surface area contributed by atoms with E-state index in [0.29, 0.717) is 11.4 Å². The molecule has 0 aliphatic heterocycles. The number of nitrogens with one attached hydrogen (secondary N) is 1. The zero-order valence-electron chi connectivity index (χ0n) is 22.6. The molecule has 0 fully saturated rings. The standard InChI is InChI=1S/C28H21N5O9S3/c34-43(35,36)21-12-9-19(10-13-21)30-31-20-11-14-24(27(17-20)45(40,41)42)33-32-23-15-16-25(29-18-5-2-1-3-6-18)28-22(23)7-4-8-26(28)44(37,38)39/h1-17,29H,(H,34,35,36)(H,37,38,39)(H,40,41,42)/b31-30+,33-32+. The van der Waals surface area contributed by atoms with Crippen LogP contribution in [0.25, 0.3) is 10.8 Å². The van der Waals surface area contributed by atoms with Gasteiger partial charge in [0.15, 0.2) is 0 Å². The van der Waals surface area contributed by atoms with E-state index < -0.39 is 40.1 Å². The maximum atomic E-state index is 12.3. The van der Waals surface area contributed by atoms with E-state index in [-0.39, 0.29) is 38.4 Å². The average Bonchev–Trinajstić information content (AvgIpc) is 2.99. The molecule has 0 bridgehead atoms. The Morgan fingerprint density at radius 3 is 1.76 bits per heavy atom. The van der Waals surface area contributed by atoms with Gasteiger partial charge in [-0.1, -0.05) is 30.3 Å². The van der Waals surface area contributed by atoms with Gasteiger partial charge in [-0.2, -0.15) is 35.5 Å². The van der Waals surface area contributed by atoms with E-state index in [0.717, 1.165) is 18.2 Å². The number of azo groups is 2. The minimum atomic E-state index is -4.85. The zero-order chi connectivity index (χ0) is 32.4. The summed E-state index contributed by atoms with van der Waals surface area (Å²) >= 11 is 0. The van der Waals surface area contributed by atoms with Crippen molar-refractivity contribution in [1.82, 2.24) is 0 Å². The van der Waals surface area contributed by atoms with Gasteiger partial charge in [0.25, 0.3) is 30.4 Å². The van der Waals surface area contributed by atoms with Gasteiger partial charge in [0.2, 0.25) is 0 Å². The average molecular weight is 668 g/mol. The van der Waals surface area contributed by atoms with E-state index in [2.05, 4.69) is 25.8 Å². The predicted molar refractivity (Wildman–Crippen MR) is 164 cm³/mol. The number of nitrogens with zero attached hydrogens (tertiary/aromatic N) is 4. The second-order valence-electron chi connectivity index (χ2n) is 9.27. The highest BCUT2D eigenvalue weighted by atomic mass is 32.2. The smallest absolute Gasteiger partial charge is 0.296 e. The number of benzene rings is 5. The number of hydrogen-bond acceptors (Lipinski definition) is 11. The Labute approximate surface area is 257 Å². The van der Waals surface area contributed by atoms with Gasteiger partial charge in [0.05, 0.1) is 22.0 Å². The highest BCUT2D eigenvalue weighted by Crippen LogP contribution is 2.39. The predicted octanol–water partition coefficient (Wildman–Crippen LogP) is 7.15. The fourth-order valence-corrected chi connectivity index (χ4v) is 6.05. The van der Waals surface area contributed by atoms with Crippen molar-refractivity contribution in [2.75, 3.05) is 5.32 Å². The SMILES string of the molecule is O=S(=O)(O)c1ccc(/N=N/c2ccc(/N=N/c3ccc(Nc4ccccc4)c4c(S(=O)(=O)O)cccc34)c(S(=O)(=O)O)c2)cc1. The molecular weight excluding hydrogens is 647 g/mol. The fourth-order valence-electron chi connectivity index (χ4n) is 4.20. The first-order valence-corrected chi connectivity index (χ1v) is 16.9. The van der Waals surface area contributed by atoms with Gasteiger partial charge in [-0.05, 0) is 72.8 Å². The fraction of sp³-hybridized carbons (Fsp3) is 0. The Hall–Kier alpha value is -4.91. The first-order chi connectivity index (χ1) is 21.2. The molecule has 0 aliphatic rings. The molecule has 5 aromatic rings. The lowest BCUT2D eigenvalue weighted by Crippen LogP contribution is -2.01. The van der Waals surface area contributed by atoms with Crippen LogP contribution >= 0.6 is 0 Å². The lowest BCUT2D eigenvalue weighted by Gasteiger charge is -2.14. The van der Waals surface area contributed by atoms with Gasteiger partial charge in [0, 0.05) is 22.1 Å². The Kier molecular flexibility index (Phi) is 8.57. The Balaban J connectivity index is 1.53. The van der Waals surface area contributed by atoms with Crippen LogP contribution in [0, 0.1) is 0 Å². The van der Waals surface area contributed by atoms with Crippen molar-refractivity contribution in [3.63, 3.8) is 0 Å². The number of hydrogen-bond donors (Lipinski definition) is 4. The van der Waals surface area contributed by atoms with Crippen LogP contribution in [0.3, 0.4) is 0 Å². The molecular formula is C28H21N5O9S3. The van der Waals surface area contributed by atoms with Crippen LogP contribution in [-0.4, -0.2) is 38.9 Å². The molecule has 0 saturated heterocycles. The molecule has 17 heteroatoms. The summed E-state index contributed by atoms with van der Waals surface area (Å²) in [5.74, 6) is 0. The number of anilines is 2. The maximum absolute atomic E-state index is 12.3. The summed E-state index contributed by atoms with van der Waals surface area (Å²) < 4.78 is 100. The molecule has 0 aliphatic carbocycles. The van der Waals surface area contributed by atoms with E-state index in [1.165, 1.54) is 48.5 Å². The summed E-state index contributed by atoms with van der Waals surface area (Å²) in [4.78, 5) is -1.40. The van der Waals surface area contributed by atoms with Crippen molar-refractivity contribution in [2.24, 2.45) is 20.5 Å². The summed E-state index contributed by atoms with van der Waals surface area (Å²) in [5.41, 5.74) is 0.987. The topological polar surface area (TPSA) is 225 Å². The summed E-state index contributed by atoms with van der Waals surface area (Å²) in [6.07, 6.45) is 0. The molecule has 0 heterocycles. The molecule has 0 radical (unpaired) electrons. The normalized spacial score (nSPS) is 12.7. The highest BCUT2D eigenvalue weighted by molar-refractivity contribution is 7.86. The van der Waals surface area contributed by atoms with E-state index in [4.69, 9.17) is 4.55 Å². The zero-order valence-corrected chi connectivity index (χ0v) is 25.1. The van der Waals surface area contributed by atoms with Crippen molar-refractivity contribution in [3.05, 3.63) is 103 Å². The Bertz CT molecular complexity index is 2310. The monoisotopic (exact) mass is 667 g/mol. The lowest BCUT2D eigenvalue weighted by atomic mass is 10.1. The van der Waals surface area contributed by atoms with Gasteiger partial charge in [-0.15, -0.1) is 10.2 Å². The molecule has 45 heavy (non-hydrogen) atoms. The second kappa shape index (κ2) is 12.2. The molecule has 14 nitrogen and oxygen atoms in total. The van der Waals surface area contributed by atoms with Gasteiger partial charge in [-0.25, -0.2) is 0 Å². The number of para-hydroxylation sites is 1. The second-order valence-corrected chi connectivity index (χ2v) is 13.5. The first-order valence-electron chi connectivity index (χ1n) is 12.6. The minimum absolute atomic E-state index is 0.0139. The minimum Gasteiger partial charge on any atom is -0.355 e. The number of fused-ring (bicyclic) bond motifs is 1. The molecule has 0 aromatic heterocycles. The molecule has 230 valence electrons. The first kappa shape index (κ1) is 31.5. The van der Waals surface area contributed by atoms with Crippen LogP contribution in [-0.2, 0) is 30.4 Å². The summed E-state index contributed by atoms with van der Waals surface area (Å²) in [6, 6.07) is 24.3. The lowest BCUT2D eigenvalue weighted by molar-refractivity contribution is 0.481. The molecule has 0 atom stereocenters. The van der Waals surface area contributed by atoms with Crippen LogP contribution in [0.2, 0.25) is 0 Å². The third-order valence-electron chi connectivity index (χ3n) is 6.21. The number of rotatable bonds is 9. The van der Waals surface area contributed by atoms with Crippen molar-refractivity contribution in [3.8, 4) is 0 Å². The van der Waals surface area contributed by atoms with Crippen LogP contribution < -0.4 is 5.32 Å². The maximum Gasteiger partial charge on any atom is 0.296 e. The van der Waals surface area contributed by atoms with E-state index in [1.54, 1.807) is 36.4 Å². The van der Waals surface area contributed by atoms with Crippen molar-refractivity contribution < 1.29 is 38.9 Å². The van der Waals surface area contributed by atoms with E-state index in [1.807, 2.05) is 0 Å².